The number of nitrogens with one attached hydrogen (secondary N) is 1. The van der Waals surface area contributed by atoms with Crippen LogP contribution in [-0.4, -0.2) is 22.1 Å². The van der Waals surface area contributed by atoms with Crippen LogP contribution in [0, 0.1) is 0 Å². The molecule has 0 saturated heterocycles. The number of carboxylic acid groups (broad SMARTS) is 1. The molecule has 1 aromatic heterocycles. The maximum atomic E-state index is 10.7. The van der Waals surface area contributed by atoms with E-state index in [4.69, 9.17) is 5.11 Å². The first-order chi connectivity index (χ1) is 6.65. The lowest BCUT2D eigenvalue weighted by Crippen LogP contribution is -2.15. The Labute approximate surface area is 87.0 Å². The topological polar surface area (TPSA) is 62.2 Å². The molecule has 1 unspecified atom stereocenters. The predicted octanol–water partition coefficient (Wildman–Crippen LogP) is 2.44. The summed E-state index contributed by atoms with van der Waals surface area (Å²) < 4.78 is 0. The summed E-state index contributed by atoms with van der Waals surface area (Å²) >= 11 is 1.33. The van der Waals surface area contributed by atoms with Crippen molar-refractivity contribution in [1.29, 1.82) is 0 Å². The minimum atomic E-state index is -0.975. The molecule has 78 valence electrons. The van der Waals surface area contributed by atoms with Crippen molar-refractivity contribution in [2.75, 3.05) is 5.32 Å². The van der Waals surface area contributed by atoms with Gasteiger partial charge in [-0.15, -0.1) is 11.3 Å². The highest BCUT2D eigenvalue weighted by Gasteiger charge is 2.14. The van der Waals surface area contributed by atoms with Gasteiger partial charge in [-0.3, -0.25) is 0 Å². The smallest absolute Gasteiger partial charge is 0.357 e. The van der Waals surface area contributed by atoms with Crippen LogP contribution in [0.1, 0.15) is 37.2 Å². The third-order valence-electron chi connectivity index (χ3n) is 1.87. The average molecular weight is 214 g/mol. The van der Waals surface area contributed by atoms with Gasteiger partial charge in [-0.25, -0.2) is 9.78 Å². The average Bonchev–Trinajstić information content (AvgIpc) is 2.52. The fourth-order valence-electron chi connectivity index (χ4n) is 1.23. The van der Waals surface area contributed by atoms with Crippen molar-refractivity contribution in [3.8, 4) is 0 Å². The van der Waals surface area contributed by atoms with Crippen LogP contribution in [0.15, 0.2) is 5.51 Å². The molecule has 2 N–H and O–H groups in total. The SMILES string of the molecule is CCCC(C)Nc1scnc1C(=O)O. The summed E-state index contributed by atoms with van der Waals surface area (Å²) in [7, 11) is 0. The van der Waals surface area contributed by atoms with Crippen LogP contribution in [-0.2, 0) is 0 Å². The van der Waals surface area contributed by atoms with Gasteiger partial charge in [0, 0.05) is 6.04 Å². The number of rotatable bonds is 5. The Kier molecular flexibility index (Phi) is 3.88. The quantitative estimate of drug-likeness (QED) is 0.790. The zero-order chi connectivity index (χ0) is 10.6. The van der Waals surface area contributed by atoms with Crippen molar-refractivity contribution in [3.63, 3.8) is 0 Å². The minimum Gasteiger partial charge on any atom is -0.476 e. The molecule has 0 aliphatic rings. The Balaban J connectivity index is 2.66. The molecule has 1 atom stereocenters. The molecule has 0 aromatic carbocycles. The summed E-state index contributed by atoms with van der Waals surface area (Å²) in [6.07, 6.45) is 2.10. The number of carbonyl (C=O) groups is 1. The maximum Gasteiger partial charge on any atom is 0.357 e. The van der Waals surface area contributed by atoms with Crippen molar-refractivity contribution >= 4 is 22.3 Å². The summed E-state index contributed by atoms with van der Waals surface area (Å²) in [5, 5.41) is 12.6. The van der Waals surface area contributed by atoms with E-state index in [0.717, 1.165) is 12.8 Å². The molecule has 0 spiro atoms. The van der Waals surface area contributed by atoms with Gasteiger partial charge in [0.1, 0.15) is 5.00 Å². The van der Waals surface area contributed by atoms with Crippen LogP contribution in [0.25, 0.3) is 0 Å². The molecule has 5 heteroatoms. The van der Waals surface area contributed by atoms with Gasteiger partial charge >= 0.3 is 5.97 Å². The molecule has 0 fully saturated rings. The molecular formula is C9H14N2O2S. The third kappa shape index (κ3) is 2.70. The van der Waals surface area contributed by atoms with Crippen LogP contribution in [0.3, 0.4) is 0 Å². The third-order valence-corrected chi connectivity index (χ3v) is 2.63. The largest absolute Gasteiger partial charge is 0.476 e. The first kappa shape index (κ1) is 11.0. The van der Waals surface area contributed by atoms with Crippen molar-refractivity contribution in [3.05, 3.63) is 11.2 Å². The second-order valence-electron chi connectivity index (χ2n) is 3.17. The van der Waals surface area contributed by atoms with Crippen molar-refractivity contribution < 1.29 is 9.90 Å². The number of nitrogens with zero attached hydrogens (tertiary/aromatic N) is 1. The molecule has 0 aliphatic heterocycles. The molecule has 0 saturated carbocycles. The molecule has 0 amide bonds. The van der Waals surface area contributed by atoms with E-state index in [0.29, 0.717) is 11.0 Å². The first-order valence-electron chi connectivity index (χ1n) is 4.58. The lowest BCUT2D eigenvalue weighted by molar-refractivity contribution is 0.0692. The Morgan fingerprint density at radius 3 is 3.07 bits per heavy atom. The summed E-state index contributed by atoms with van der Waals surface area (Å²) in [6, 6.07) is 0.290. The fraction of sp³-hybridized carbons (Fsp3) is 0.556. The van der Waals surface area contributed by atoms with Crippen molar-refractivity contribution in [2.45, 2.75) is 32.7 Å². The van der Waals surface area contributed by atoms with E-state index in [2.05, 4.69) is 17.2 Å². The van der Waals surface area contributed by atoms with Gasteiger partial charge in [0.05, 0.1) is 5.51 Å². The van der Waals surface area contributed by atoms with Crippen LogP contribution in [0.5, 0.6) is 0 Å². The second kappa shape index (κ2) is 4.95. The highest BCUT2D eigenvalue weighted by atomic mass is 32.1. The van der Waals surface area contributed by atoms with E-state index in [-0.39, 0.29) is 5.69 Å². The van der Waals surface area contributed by atoms with E-state index < -0.39 is 5.97 Å². The zero-order valence-electron chi connectivity index (χ0n) is 8.28. The zero-order valence-corrected chi connectivity index (χ0v) is 9.10. The second-order valence-corrected chi connectivity index (χ2v) is 4.02. The minimum absolute atomic E-state index is 0.123. The monoisotopic (exact) mass is 214 g/mol. The Hall–Kier alpha value is -1.10. The molecule has 0 aliphatic carbocycles. The van der Waals surface area contributed by atoms with Gasteiger partial charge in [0.2, 0.25) is 0 Å². The predicted molar refractivity (Wildman–Crippen MR) is 57.1 cm³/mol. The molecule has 1 heterocycles. The van der Waals surface area contributed by atoms with Crippen LogP contribution >= 0.6 is 11.3 Å². The Morgan fingerprint density at radius 1 is 1.79 bits per heavy atom. The highest BCUT2D eigenvalue weighted by Crippen LogP contribution is 2.21. The normalized spacial score (nSPS) is 12.4. The van der Waals surface area contributed by atoms with Crippen LogP contribution in [0.2, 0.25) is 0 Å². The highest BCUT2D eigenvalue weighted by molar-refractivity contribution is 7.14. The molecule has 0 radical (unpaired) electrons. The summed E-state index contributed by atoms with van der Waals surface area (Å²) in [4.78, 5) is 14.5. The number of aromatic nitrogens is 1. The maximum absolute atomic E-state index is 10.7. The molecule has 4 nitrogen and oxygen atoms in total. The summed E-state index contributed by atoms with van der Waals surface area (Å²) in [6.45, 7) is 4.14. The van der Waals surface area contributed by atoms with E-state index in [1.54, 1.807) is 5.51 Å². The van der Waals surface area contributed by atoms with Gasteiger partial charge in [-0.1, -0.05) is 13.3 Å². The Bertz CT molecular complexity index is 312. The van der Waals surface area contributed by atoms with E-state index in [9.17, 15) is 4.79 Å². The Morgan fingerprint density at radius 2 is 2.50 bits per heavy atom. The number of hydrogen-bond donors (Lipinski definition) is 2. The van der Waals surface area contributed by atoms with E-state index >= 15 is 0 Å². The van der Waals surface area contributed by atoms with E-state index in [1.807, 2.05) is 6.92 Å². The van der Waals surface area contributed by atoms with Gasteiger partial charge in [0.25, 0.3) is 0 Å². The number of aromatic carboxylic acids is 1. The summed E-state index contributed by atoms with van der Waals surface area (Å²) in [5.41, 5.74) is 1.67. The van der Waals surface area contributed by atoms with E-state index in [1.165, 1.54) is 11.3 Å². The van der Waals surface area contributed by atoms with Crippen molar-refractivity contribution in [2.24, 2.45) is 0 Å². The molecule has 14 heavy (non-hydrogen) atoms. The standard InChI is InChI=1S/C9H14N2O2S/c1-3-4-6(2)11-8-7(9(12)13)10-5-14-8/h5-6,11H,3-4H2,1-2H3,(H,12,13). The van der Waals surface area contributed by atoms with Gasteiger partial charge in [-0.2, -0.15) is 0 Å². The van der Waals surface area contributed by atoms with Crippen molar-refractivity contribution in [1.82, 2.24) is 4.98 Å². The molecule has 0 bridgehead atoms. The first-order valence-corrected chi connectivity index (χ1v) is 5.46. The number of anilines is 1. The molecular weight excluding hydrogens is 200 g/mol. The lowest BCUT2D eigenvalue weighted by atomic mass is 10.2. The number of hydrogen-bond acceptors (Lipinski definition) is 4. The lowest BCUT2D eigenvalue weighted by Gasteiger charge is -2.12. The summed E-state index contributed by atoms with van der Waals surface area (Å²) in [5.74, 6) is -0.975. The molecule has 1 aromatic rings. The van der Waals surface area contributed by atoms with Gasteiger partial charge < -0.3 is 10.4 Å². The fourth-order valence-corrected chi connectivity index (χ4v) is 2.01. The number of thiazole rings is 1. The number of carboxylic acids is 1. The van der Waals surface area contributed by atoms with Crippen LogP contribution in [0.4, 0.5) is 5.00 Å². The van der Waals surface area contributed by atoms with Gasteiger partial charge in [0.15, 0.2) is 5.69 Å². The van der Waals surface area contributed by atoms with Crippen LogP contribution < -0.4 is 5.32 Å². The van der Waals surface area contributed by atoms with Gasteiger partial charge in [-0.05, 0) is 13.3 Å². The molecule has 1 rings (SSSR count).